The number of carboxylic acids is 1. The zero-order chi connectivity index (χ0) is 26.3. The highest BCUT2D eigenvalue weighted by atomic mass is 35.5. The largest absolute Gasteiger partial charge is 0.480 e. The predicted molar refractivity (Wildman–Crippen MR) is 138 cm³/mol. The van der Waals surface area contributed by atoms with E-state index in [1.807, 2.05) is 0 Å². The van der Waals surface area contributed by atoms with Crippen molar-refractivity contribution in [2.45, 2.75) is 41.5 Å². The Labute approximate surface area is 218 Å². The van der Waals surface area contributed by atoms with Crippen LogP contribution in [0.1, 0.15) is 42.1 Å². The third-order valence-corrected chi connectivity index (χ3v) is 9.45. The number of halogens is 1. The zero-order valence-corrected chi connectivity index (χ0v) is 21.9. The summed E-state index contributed by atoms with van der Waals surface area (Å²) in [7, 11) is -4.17. The van der Waals surface area contributed by atoms with E-state index in [9.17, 15) is 28.2 Å². The number of sulfonamides is 1. The van der Waals surface area contributed by atoms with Crippen LogP contribution in [0.2, 0.25) is 5.02 Å². The molecule has 4 rings (SSSR count). The van der Waals surface area contributed by atoms with Crippen molar-refractivity contribution < 1.29 is 28.2 Å². The summed E-state index contributed by atoms with van der Waals surface area (Å²) >= 11 is 6.94. The molecule has 1 amide bonds. The first-order valence-electron chi connectivity index (χ1n) is 11.0. The first kappa shape index (κ1) is 26.3. The van der Waals surface area contributed by atoms with Crippen LogP contribution in [-0.4, -0.2) is 48.2 Å². The van der Waals surface area contributed by atoms with Crippen LogP contribution in [0.4, 0.5) is 0 Å². The molecule has 0 bridgehead atoms. The summed E-state index contributed by atoms with van der Waals surface area (Å²) in [6.07, 6.45) is -0.00926. The molecule has 0 aliphatic heterocycles. The number of aliphatic carboxylic acids is 1. The summed E-state index contributed by atoms with van der Waals surface area (Å²) < 4.78 is 28.8. The number of nitrogens with one attached hydrogen (secondary N) is 2. The molecule has 2 aromatic carbocycles. The standard InChI is InChI=1S/C25H25ClN2O6S2/c1-24(2,14-29)27-22(30)18-6-4-3-5-17(18)19-13-25(19,23(31)32)28-36(33,34)21-12-11-20(35-21)15-7-9-16(26)10-8-15/h3-12,19,28-29H,13-14H2,1-2H3,(H,27,30)(H,31,32). The van der Waals surface area contributed by atoms with Gasteiger partial charge in [0.15, 0.2) is 0 Å². The lowest BCUT2D eigenvalue weighted by atomic mass is 9.98. The third kappa shape index (κ3) is 5.18. The van der Waals surface area contributed by atoms with Crippen molar-refractivity contribution in [1.29, 1.82) is 0 Å². The Balaban J connectivity index is 1.61. The van der Waals surface area contributed by atoms with E-state index in [-0.39, 0.29) is 22.8 Å². The van der Waals surface area contributed by atoms with Crippen molar-refractivity contribution in [1.82, 2.24) is 10.0 Å². The number of hydrogen-bond acceptors (Lipinski definition) is 6. The predicted octanol–water partition coefficient (Wildman–Crippen LogP) is 3.86. The van der Waals surface area contributed by atoms with Crippen molar-refractivity contribution >= 4 is 44.8 Å². The van der Waals surface area contributed by atoms with Crippen LogP contribution in [-0.2, 0) is 14.8 Å². The number of aliphatic hydroxyl groups is 1. The molecule has 11 heteroatoms. The Morgan fingerprint density at radius 2 is 1.78 bits per heavy atom. The summed E-state index contributed by atoms with van der Waals surface area (Å²) in [6.45, 7) is 3.02. The average Bonchev–Trinajstić information content (AvgIpc) is 3.31. The van der Waals surface area contributed by atoms with Crippen LogP contribution in [0.15, 0.2) is 64.9 Å². The van der Waals surface area contributed by atoms with Gasteiger partial charge in [-0.15, -0.1) is 11.3 Å². The fourth-order valence-electron chi connectivity index (χ4n) is 3.98. The van der Waals surface area contributed by atoms with Gasteiger partial charge in [0.05, 0.1) is 12.1 Å². The van der Waals surface area contributed by atoms with Gasteiger partial charge in [-0.1, -0.05) is 41.9 Å². The SMILES string of the molecule is CC(C)(CO)NC(=O)c1ccccc1C1CC1(NS(=O)(=O)c1ccc(-c2ccc(Cl)cc2)s1)C(=O)O. The van der Waals surface area contributed by atoms with Gasteiger partial charge >= 0.3 is 5.97 Å². The van der Waals surface area contributed by atoms with E-state index < -0.39 is 38.9 Å². The number of amides is 1. The van der Waals surface area contributed by atoms with Crippen LogP contribution in [0.5, 0.6) is 0 Å². The Bertz CT molecular complexity index is 1420. The minimum Gasteiger partial charge on any atom is -0.480 e. The van der Waals surface area contributed by atoms with Crippen molar-refractivity contribution in [2.75, 3.05) is 6.61 Å². The molecule has 3 aromatic rings. The number of carbonyl (C=O) groups is 2. The van der Waals surface area contributed by atoms with E-state index in [0.717, 1.165) is 16.9 Å². The topological polar surface area (TPSA) is 133 Å². The smallest absolute Gasteiger partial charge is 0.325 e. The molecule has 1 aliphatic carbocycles. The summed E-state index contributed by atoms with van der Waals surface area (Å²) in [6, 6.07) is 16.5. The summed E-state index contributed by atoms with van der Waals surface area (Å²) in [5.41, 5.74) is -1.24. The van der Waals surface area contributed by atoms with E-state index in [4.69, 9.17) is 11.6 Å². The minimum absolute atomic E-state index is 0.00926. The van der Waals surface area contributed by atoms with Gasteiger partial charge in [-0.2, -0.15) is 4.72 Å². The summed E-state index contributed by atoms with van der Waals surface area (Å²) in [4.78, 5) is 25.9. The fourth-order valence-corrected chi connectivity index (χ4v) is 6.82. The van der Waals surface area contributed by atoms with Gasteiger partial charge in [-0.25, -0.2) is 8.42 Å². The first-order valence-corrected chi connectivity index (χ1v) is 13.7. The second-order valence-electron chi connectivity index (χ2n) is 9.35. The second-order valence-corrected chi connectivity index (χ2v) is 12.8. The highest BCUT2D eigenvalue weighted by Gasteiger charge is 2.64. The number of carbonyl (C=O) groups excluding carboxylic acids is 1. The highest BCUT2D eigenvalue weighted by Crippen LogP contribution is 2.53. The lowest BCUT2D eigenvalue weighted by molar-refractivity contribution is -0.140. The lowest BCUT2D eigenvalue weighted by Crippen LogP contribution is -2.47. The molecule has 0 spiro atoms. The fraction of sp³-hybridized carbons (Fsp3) is 0.280. The van der Waals surface area contributed by atoms with Crippen LogP contribution >= 0.6 is 22.9 Å². The number of rotatable bonds is 9. The lowest BCUT2D eigenvalue weighted by Gasteiger charge is -2.24. The molecular weight excluding hydrogens is 524 g/mol. The second kappa shape index (κ2) is 9.60. The number of thiophene rings is 1. The molecule has 1 saturated carbocycles. The normalized spacial score (nSPS) is 19.6. The van der Waals surface area contributed by atoms with Crippen LogP contribution < -0.4 is 10.0 Å². The number of carboxylic acid groups (broad SMARTS) is 1. The molecule has 190 valence electrons. The molecule has 0 radical (unpaired) electrons. The summed E-state index contributed by atoms with van der Waals surface area (Å²) in [5, 5.41) is 22.8. The first-order chi connectivity index (χ1) is 16.9. The average molecular weight is 549 g/mol. The van der Waals surface area contributed by atoms with Gasteiger partial charge in [-0.05, 0) is 61.7 Å². The van der Waals surface area contributed by atoms with Crippen LogP contribution in [0, 0.1) is 0 Å². The van der Waals surface area contributed by atoms with Gasteiger partial charge in [0.1, 0.15) is 9.75 Å². The van der Waals surface area contributed by atoms with E-state index in [0.29, 0.717) is 15.5 Å². The van der Waals surface area contributed by atoms with Crippen LogP contribution in [0.3, 0.4) is 0 Å². The zero-order valence-electron chi connectivity index (χ0n) is 19.5. The third-order valence-electron chi connectivity index (χ3n) is 6.06. The molecule has 2 unspecified atom stereocenters. The van der Waals surface area contributed by atoms with Crippen molar-refractivity contribution in [3.8, 4) is 10.4 Å². The molecule has 1 aromatic heterocycles. The molecule has 1 heterocycles. The molecular formula is C25H25ClN2O6S2. The van der Waals surface area contributed by atoms with Crippen LogP contribution in [0.25, 0.3) is 10.4 Å². The molecule has 1 aliphatic rings. The van der Waals surface area contributed by atoms with Gasteiger partial charge < -0.3 is 15.5 Å². The quantitative estimate of drug-likeness (QED) is 0.321. The molecule has 2 atom stereocenters. The number of aliphatic hydroxyl groups excluding tert-OH is 1. The maximum Gasteiger partial charge on any atom is 0.325 e. The number of hydrogen-bond donors (Lipinski definition) is 4. The monoisotopic (exact) mass is 548 g/mol. The minimum atomic E-state index is -4.17. The van der Waals surface area contributed by atoms with Gasteiger partial charge in [0.2, 0.25) is 0 Å². The molecule has 0 saturated heterocycles. The maximum atomic E-state index is 13.2. The van der Waals surface area contributed by atoms with E-state index >= 15 is 0 Å². The van der Waals surface area contributed by atoms with Crippen molar-refractivity contribution in [3.63, 3.8) is 0 Å². The number of benzene rings is 2. The molecule has 4 N–H and O–H groups in total. The Hall–Kier alpha value is -2.76. The van der Waals surface area contributed by atoms with Gasteiger partial charge in [0.25, 0.3) is 15.9 Å². The molecule has 8 nitrogen and oxygen atoms in total. The van der Waals surface area contributed by atoms with Gasteiger partial charge in [0, 0.05) is 21.4 Å². The molecule has 1 fully saturated rings. The van der Waals surface area contributed by atoms with Gasteiger partial charge in [-0.3, -0.25) is 9.59 Å². The van der Waals surface area contributed by atoms with E-state index in [2.05, 4.69) is 10.0 Å². The van der Waals surface area contributed by atoms with E-state index in [1.165, 1.54) is 6.07 Å². The summed E-state index contributed by atoms with van der Waals surface area (Å²) in [5.74, 6) is -2.55. The molecule has 36 heavy (non-hydrogen) atoms. The van der Waals surface area contributed by atoms with Crippen molar-refractivity contribution in [2.24, 2.45) is 0 Å². The highest BCUT2D eigenvalue weighted by molar-refractivity contribution is 7.91. The Kier molecular flexibility index (Phi) is 7.02. The maximum absolute atomic E-state index is 13.2. The Morgan fingerprint density at radius 3 is 2.42 bits per heavy atom. The Morgan fingerprint density at radius 1 is 1.11 bits per heavy atom. The van der Waals surface area contributed by atoms with Crippen molar-refractivity contribution in [3.05, 3.63) is 76.8 Å². The van der Waals surface area contributed by atoms with E-state index in [1.54, 1.807) is 68.4 Å².